The molecule has 0 amide bonds. The third kappa shape index (κ3) is 3.72. The maximum atomic E-state index is 13.0. The number of alkyl halides is 3. The molecular formula is C18H12F3N5. The Morgan fingerprint density at radius 1 is 0.923 bits per heavy atom. The number of rotatable bonds is 1. The van der Waals surface area contributed by atoms with Crippen LogP contribution in [0.15, 0.2) is 48.9 Å². The Kier molecular flexibility index (Phi) is 4.45. The molecule has 0 fully saturated rings. The quantitative estimate of drug-likeness (QED) is 0.655. The van der Waals surface area contributed by atoms with Crippen molar-refractivity contribution in [1.29, 1.82) is 0 Å². The number of anilines is 2. The number of hydrogen-bond acceptors (Lipinski definition) is 5. The van der Waals surface area contributed by atoms with Crippen LogP contribution in [-0.4, -0.2) is 15.0 Å². The summed E-state index contributed by atoms with van der Waals surface area (Å²) in [5.41, 5.74) is 11.9. The minimum atomic E-state index is -4.46. The zero-order valence-electron chi connectivity index (χ0n) is 13.2. The molecule has 0 atom stereocenters. The molecule has 0 aliphatic rings. The SMILES string of the molecule is Nc1ccc(C#Cc2c(N)ncnc2-c2cccc(C(F)(F)F)c2)cn1. The van der Waals surface area contributed by atoms with Crippen LogP contribution in [0, 0.1) is 11.8 Å². The van der Waals surface area contributed by atoms with Crippen molar-refractivity contribution in [2.45, 2.75) is 6.18 Å². The average molecular weight is 355 g/mol. The van der Waals surface area contributed by atoms with Crippen LogP contribution in [0.1, 0.15) is 16.7 Å². The molecule has 2 heterocycles. The number of nitrogens with zero attached hydrogens (tertiary/aromatic N) is 3. The van der Waals surface area contributed by atoms with Crippen molar-refractivity contribution in [2.75, 3.05) is 11.5 Å². The number of hydrogen-bond donors (Lipinski definition) is 2. The zero-order chi connectivity index (χ0) is 18.7. The number of nitrogen functional groups attached to an aromatic ring is 2. The van der Waals surface area contributed by atoms with Crippen molar-refractivity contribution in [3.8, 4) is 23.1 Å². The van der Waals surface area contributed by atoms with Gasteiger partial charge in [0, 0.05) is 17.3 Å². The van der Waals surface area contributed by atoms with Gasteiger partial charge in [-0.05, 0) is 24.3 Å². The fraction of sp³-hybridized carbons (Fsp3) is 0.0556. The van der Waals surface area contributed by atoms with Crippen LogP contribution in [0.2, 0.25) is 0 Å². The summed E-state index contributed by atoms with van der Waals surface area (Å²) in [4.78, 5) is 11.9. The first-order chi connectivity index (χ1) is 12.3. The summed E-state index contributed by atoms with van der Waals surface area (Å²) in [6.07, 6.45) is -1.80. The third-order valence-electron chi connectivity index (χ3n) is 3.46. The Labute approximate surface area is 146 Å². The molecule has 8 heteroatoms. The van der Waals surface area contributed by atoms with E-state index in [0.717, 1.165) is 12.1 Å². The van der Waals surface area contributed by atoms with Gasteiger partial charge in [0.2, 0.25) is 0 Å². The first-order valence-corrected chi connectivity index (χ1v) is 7.36. The van der Waals surface area contributed by atoms with Crippen molar-refractivity contribution >= 4 is 11.6 Å². The first-order valence-electron chi connectivity index (χ1n) is 7.36. The van der Waals surface area contributed by atoms with Gasteiger partial charge in [-0.3, -0.25) is 0 Å². The second kappa shape index (κ2) is 6.72. The van der Waals surface area contributed by atoms with E-state index in [1.165, 1.54) is 24.7 Å². The van der Waals surface area contributed by atoms with Crippen molar-refractivity contribution in [1.82, 2.24) is 15.0 Å². The molecule has 130 valence electrons. The molecule has 0 saturated heterocycles. The van der Waals surface area contributed by atoms with Gasteiger partial charge in [-0.15, -0.1) is 0 Å². The Morgan fingerprint density at radius 2 is 1.73 bits per heavy atom. The van der Waals surface area contributed by atoms with E-state index in [2.05, 4.69) is 26.8 Å². The standard InChI is InChI=1S/C18H12F3N5/c19-18(20,21)13-3-1-2-12(8-13)16-14(17(23)26-10-25-16)6-4-11-5-7-15(22)24-9-11/h1-3,5,7-10H,(H2,22,24)(H2,23,25,26). The van der Waals surface area contributed by atoms with E-state index in [1.807, 2.05) is 0 Å². The summed E-state index contributed by atoms with van der Waals surface area (Å²) in [7, 11) is 0. The lowest BCUT2D eigenvalue weighted by molar-refractivity contribution is -0.137. The Hall–Kier alpha value is -3.60. The molecule has 0 unspecified atom stereocenters. The predicted octanol–water partition coefficient (Wildman–Crippen LogP) is 3.12. The van der Waals surface area contributed by atoms with Crippen LogP contribution in [-0.2, 0) is 6.18 Å². The van der Waals surface area contributed by atoms with Crippen LogP contribution < -0.4 is 11.5 Å². The van der Waals surface area contributed by atoms with Crippen molar-refractivity contribution in [3.05, 3.63) is 65.6 Å². The van der Waals surface area contributed by atoms with E-state index < -0.39 is 11.7 Å². The number of pyridine rings is 1. The highest BCUT2D eigenvalue weighted by Gasteiger charge is 2.30. The first kappa shape index (κ1) is 17.2. The van der Waals surface area contributed by atoms with E-state index in [-0.39, 0.29) is 22.6 Å². The number of aromatic nitrogens is 3. The van der Waals surface area contributed by atoms with Crippen molar-refractivity contribution in [2.24, 2.45) is 0 Å². The maximum absolute atomic E-state index is 13.0. The molecule has 0 saturated carbocycles. The molecule has 5 nitrogen and oxygen atoms in total. The fourth-order valence-electron chi connectivity index (χ4n) is 2.20. The van der Waals surface area contributed by atoms with Crippen LogP contribution >= 0.6 is 0 Å². The highest BCUT2D eigenvalue weighted by atomic mass is 19.4. The van der Waals surface area contributed by atoms with Gasteiger partial charge >= 0.3 is 6.18 Å². The minimum Gasteiger partial charge on any atom is -0.384 e. The molecule has 0 bridgehead atoms. The number of benzene rings is 1. The lowest BCUT2D eigenvalue weighted by atomic mass is 10.0. The smallest absolute Gasteiger partial charge is 0.384 e. The summed E-state index contributed by atoms with van der Waals surface area (Å²) in [5.74, 6) is 6.07. The summed E-state index contributed by atoms with van der Waals surface area (Å²) < 4.78 is 38.9. The molecule has 26 heavy (non-hydrogen) atoms. The second-order valence-corrected chi connectivity index (χ2v) is 5.28. The highest BCUT2D eigenvalue weighted by Crippen LogP contribution is 2.32. The topological polar surface area (TPSA) is 90.7 Å². The highest BCUT2D eigenvalue weighted by molar-refractivity contribution is 5.73. The van der Waals surface area contributed by atoms with Gasteiger partial charge in [-0.25, -0.2) is 15.0 Å². The third-order valence-corrected chi connectivity index (χ3v) is 3.46. The molecule has 0 radical (unpaired) electrons. The van der Waals surface area contributed by atoms with Crippen molar-refractivity contribution in [3.63, 3.8) is 0 Å². The largest absolute Gasteiger partial charge is 0.416 e. The van der Waals surface area contributed by atoms with Gasteiger partial charge < -0.3 is 11.5 Å². The van der Waals surface area contributed by atoms with Gasteiger partial charge in [0.05, 0.1) is 16.8 Å². The Balaban J connectivity index is 2.08. The molecule has 4 N–H and O–H groups in total. The van der Waals surface area contributed by atoms with Gasteiger partial charge in [0.25, 0.3) is 0 Å². The minimum absolute atomic E-state index is 0.0725. The monoisotopic (exact) mass is 355 g/mol. The molecular weight excluding hydrogens is 343 g/mol. The molecule has 2 aromatic heterocycles. The molecule has 0 aliphatic heterocycles. The Morgan fingerprint density at radius 3 is 2.42 bits per heavy atom. The lowest BCUT2D eigenvalue weighted by Crippen LogP contribution is -2.05. The summed E-state index contributed by atoms with van der Waals surface area (Å²) in [5, 5.41) is 0. The van der Waals surface area contributed by atoms with Gasteiger partial charge in [0.15, 0.2) is 0 Å². The summed E-state index contributed by atoms with van der Waals surface area (Å²) in [6.45, 7) is 0. The van der Waals surface area contributed by atoms with Crippen LogP contribution in [0.4, 0.5) is 24.8 Å². The van der Waals surface area contributed by atoms with Crippen LogP contribution in [0.25, 0.3) is 11.3 Å². The molecule has 0 aliphatic carbocycles. The van der Waals surface area contributed by atoms with E-state index >= 15 is 0 Å². The van der Waals surface area contributed by atoms with E-state index in [1.54, 1.807) is 12.1 Å². The maximum Gasteiger partial charge on any atom is 0.416 e. The average Bonchev–Trinajstić information content (AvgIpc) is 2.61. The molecule has 3 aromatic rings. The summed E-state index contributed by atoms with van der Waals surface area (Å²) >= 11 is 0. The van der Waals surface area contributed by atoms with E-state index in [4.69, 9.17) is 11.5 Å². The zero-order valence-corrected chi connectivity index (χ0v) is 13.2. The van der Waals surface area contributed by atoms with Crippen LogP contribution in [0.3, 0.4) is 0 Å². The Bertz CT molecular complexity index is 1000. The second-order valence-electron chi connectivity index (χ2n) is 5.28. The number of halogens is 3. The summed E-state index contributed by atoms with van der Waals surface area (Å²) in [6, 6.07) is 8.05. The van der Waals surface area contributed by atoms with Gasteiger partial charge in [-0.1, -0.05) is 24.0 Å². The van der Waals surface area contributed by atoms with Crippen molar-refractivity contribution < 1.29 is 13.2 Å². The van der Waals surface area contributed by atoms with Gasteiger partial charge in [-0.2, -0.15) is 13.2 Å². The molecule has 1 aromatic carbocycles. The van der Waals surface area contributed by atoms with E-state index in [9.17, 15) is 13.2 Å². The van der Waals surface area contributed by atoms with Crippen LogP contribution in [0.5, 0.6) is 0 Å². The number of nitrogens with two attached hydrogens (primary N) is 2. The predicted molar refractivity (Wildman–Crippen MR) is 91.5 cm³/mol. The normalized spacial score (nSPS) is 10.9. The molecule has 3 rings (SSSR count). The molecule has 0 spiro atoms. The van der Waals surface area contributed by atoms with E-state index in [0.29, 0.717) is 11.4 Å². The fourth-order valence-corrected chi connectivity index (χ4v) is 2.20. The van der Waals surface area contributed by atoms with Gasteiger partial charge in [0.1, 0.15) is 18.0 Å². The lowest BCUT2D eigenvalue weighted by Gasteiger charge is -2.10.